The highest BCUT2D eigenvalue weighted by atomic mass is 35.5. The zero-order valence-corrected chi connectivity index (χ0v) is 29.7. The molecule has 10 heteroatoms. The number of hydrogen-bond acceptors (Lipinski definition) is 5. The topological polar surface area (TPSA) is 83.4 Å². The number of benzene rings is 5. The molecule has 8 nitrogen and oxygen atoms in total. The van der Waals surface area contributed by atoms with Crippen LogP contribution in [0.5, 0.6) is 0 Å². The van der Waals surface area contributed by atoms with Crippen LogP contribution in [0.1, 0.15) is 42.0 Å². The van der Waals surface area contributed by atoms with Crippen LogP contribution < -0.4 is 5.56 Å². The van der Waals surface area contributed by atoms with Crippen LogP contribution in [0.3, 0.4) is 0 Å². The average Bonchev–Trinajstić information content (AvgIpc) is 3.79. The van der Waals surface area contributed by atoms with Gasteiger partial charge in [-0.2, -0.15) is 0 Å². The van der Waals surface area contributed by atoms with Crippen LogP contribution in [0, 0.1) is 5.82 Å². The molecule has 0 aliphatic heterocycles. The maximum Gasteiger partial charge on any atom is 0.276 e. The van der Waals surface area contributed by atoms with Crippen molar-refractivity contribution in [3.05, 3.63) is 189 Å². The second-order valence-corrected chi connectivity index (χ2v) is 13.3. The molecule has 0 atom stereocenters. The SMILES string of the molecule is CCCCn1c(=O)c2cc(F)c(Cl)nc2n1Cc1ccc(-c2ccccc2-c2nnn(C(c3ccccc3)(c3ccccc3)c3ccccc3)n2)cc1. The molecule has 5 aromatic carbocycles. The van der Waals surface area contributed by atoms with Gasteiger partial charge in [-0.1, -0.05) is 164 Å². The van der Waals surface area contributed by atoms with Gasteiger partial charge in [0.25, 0.3) is 5.56 Å². The van der Waals surface area contributed by atoms with Crippen molar-refractivity contribution in [1.82, 2.24) is 34.6 Å². The van der Waals surface area contributed by atoms with E-state index in [0.29, 0.717) is 24.6 Å². The van der Waals surface area contributed by atoms with Crippen molar-refractivity contribution in [2.45, 2.75) is 38.4 Å². The minimum absolute atomic E-state index is 0.213. The van der Waals surface area contributed by atoms with E-state index >= 15 is 0 Å². The van der Waals surface area contributed by atoms with E-state index in [0.717, 1.165) is 51.8 Å². The third kappa shape index (κ3) is 6.13. The van der Waals surface area contributed by atoms with E-state index in [1.165, 1.54) is 6.07 Å². The van der Waals surface area contributed by atoms with Gasteiger partial charge in [-0.3, -0.25) is 9.48 Å². The van der Waals surface area contributed by atoms with Gasteiger partial charge < -0.3 is 0 Å². The number of halogens is 2. The Labute approximate surface area is 310 Å². The fourth-order valence-corrected chi connectivity index (χ4v) is 7.24. The first-order valence-corrected chi connectivity index (χ1v) is 18.0. The second-order valence-electron chi connectivity index (χ2n) is 12.9. The smallest absolute Gasteiger partial charge is 0.267 e. The summed E-state index contributed by atoms with van der Waals surface area (Å²) >= 11 is 6.08. The summed E-state index contributed by atoms with van der Waals surface area (Å²) in [5.41, 5.74) is 5.88. The molecule has 0 aliphatic carbocycles. The molecule has 0 spiro atoms. The molecule has 8 aromatic rings. The molecule has 0 saturated heterocycles. The van der Waals surface area contributed by atoms with Crippen molar-refractivity contribution in [3.63, 3.8) is 0 Å². The third-order valence-corrected chi connectivity index (χ3v) is 9.96. The summed E-state index contributed by atoms with van der Waals surface area (Å²) in [7, 11) is 0. The maximum atomic E-state index is 14.3. The third-order valence-electron chi connectivity index (χ3n) is 9.69. The fourth-order valence-electron chi connectivity index (χ4n) is 7.11. The molecule has 3 aromatic heterocycles. The molecular formula is C43H35ClFN7O. The van der Waals surface area contributed by atoms with Crippen LogP contribution >= 0.6 is 11.6 Å². The number of nitrogens with zero attached hydrogens (tertiary/aromatic N) is 7. The number of hydrogen-bond donors (Lipinski definition) is 0. The molecule has 0 saturated carbocycles. The lowest BCUT2D eigenvalue weighted by Gasteiger charge is -2.34. The van der Waals surface area contributed by atoms with E-state index in [-0.39, 0.29) is 16.1 Å². The monoisotopic (exact) mass is 719 g/mol. The lowest BCUT2D eigenvalue weighted by Crippen LogP contribution is -2.39. The number of fused-ring (bicyclic) bond motifs is 1. The van der Waals surface area contributed by atoms with E-state index in [9.17, 15) is 9.18 Å². The molecule has 0 aliphatic rings. The summed E-state index contributed by atoms with van der Waals surface area (Å²) in [4.78, 5) is 19.3. The normalized spacial score (nSPS) is 11.7. The Bertz CT molecular complexity index is 2470. The lowest BCUT2D eigenvalue weighted by molar-refractivity contribution is 0.396. The van der Waals surface area contributed by atoms with Gasteiger partial charge in [0.2, 0.25) is 5.82 Å². The minimum atomic E-state index is -0.892. The van der Waals surface area contributed by atoms with Gasteiger partial charge in [0.1, 0.15) is 0 Å². The largest absolute Gasteiger partial charge is 0.276 e. The molecule has 0 radical (unpaired) electrons. The first-order chi connectivity index (χ1) is 26.0. The first-order valence-electron chi connectivity index (χ1n) is 17.6. The number of aromatic nitrogens is 7. The van der Waals surface area contributed by atoms with Crippen LogP contribution in [0.2, 0.25) is 5.15 Å². The molecule has 8 rings (SSSR count). The Morgan fingerprint density at radius 3 is 1.87 bits per heavy atom. The Balaban J connectivity index is 1.18. The quantitative estimate of drug-likeness (QED) is 0.0985. The molecule has 0 fully saturated rings. The summed E-state index contributed by atoms with van der Waals surface area (Å²) in [6.07, 6.45) is 1.70. The average molecular weight is 720 g/mol. The number of rotatable bonds is 11. The Kier molecular flexibility index (Phi) is 9.24. The molecule has 3 heterocycles. The summed E-state index contributed by atoms with van der Waals surface area (Å²) in [6.45, 7) is 2.91. The van der Waals surface area contributed by atoms with Crippen LogP contribution in [0.25, 0.3) is 33.5 Å². The lowest BCUT2D eigenvalue weighted by atomic mass is 9.77. The summed E-state index contributed by atoms with van der Waals surface area (Å²) in [6, 6.07) is 48.1. The molecule has 53 heavy (non-hydrogen) atoms. The van der Waals surface area contributed by atoms with Gasteiger partial charge in [-0.25, -0.2) is 14.1 Å². The summed E-state index contributed by atoms with van der Waals surface area (Å²) in [5, 5.41) is 14.5. The predicted molar refractivity (Wildman–Crippen MR) is 206 cm³/mol. The maximum absolute atomic E-state index is 14.3. The van der Waals surface area contributed by atoms with E-state index in [1.54, 1.807) is 14.2 Å². The highest BCUT2D eigenvalue weighted by Crippen LogP contribution is 2.40. The molecule has 0 amide bonds. The van der Waals surface area contributed by atoms with Crippen LogP contribution in [0.15, 0.2) is 150 Å². The molecule has 262 valence electrons. The Morgan fingerprint density at radius 2 is 1.28 bits per heavy atom. The number of pyridine rings is 1. The molecule has 0 bridgehead atoms. The Hall–Kier alpha value is -6.19. The molecule has 0 unspecified atom stereocenters. The van der Waals surface area contributed by atoms with Crippen LogP contribution in [-0.4, -0.2) is 34.6 Å². The zero-order valence-electron chi connectivity index (χ0n) is 29.0. The predicted octanol–water partition coefficient (Wildman–Crippen LogP) is 9.00. The van der Waals surface area contributed by atoms with E-state index in [1.807, 2.05) is 103 Å². The van der Waals surface area contributed by atoms with E-state index in [2.05, 4.69) is 53.4 Å². The van der Waals surface area contributed by atoms with Crippen molar-refractivity contribution in [3.8, 4) is 22.5 Å². The Morgan fingerprint density at radius 1 is 0.717 bits per heavy atom. The minimum Gasteiger partial charge on any atom is -0.267 e. The number of tetrazole rings is 1. The van der Waals surface area contributed by atoms with Gasteiger partial charge in [-0.05, 0) is 51.1 Å². The van der Waals surface area contributed by atoms with Crippen molar-refractivity contribution >= 4 is 22.6 Å². The van der Waals surface area contributed by atoms with Crippen LogP contribution in [-0.2, 0) is 18.6 Å². The van der Waals surface area contributed by atoms with Gasteiger partial charge >= 0.3 is 0 Å². The standard InChI is InChI=1S/C43H35ClFN7O/c1-2-3-27-50-42(53)37-28-38(45)39(44)46-41(37)51(50)29-30-23-25-31(26-24-30)35-21-13-14-22-36(35)40-47-49-52(48-40)43(32-15-7-4-8-16-32,33-17-9-5-10-18-33)34-19-11-6-12-20-34/h4-26,28H,2-3,27,29H2,1H3. The van der Waals surface area contributed by atoms with E-state index in [4.69, 9.17) is 21.9 Å². The van der Waals surface area contributed by atoms with Gasteiger partial charge in [0, 0.05) is 12.1 Å². The van der Waals surface area contributed by atoms with Gasteiger partial charge in [-0.15, -0.1) is 15.0 Å². The molecular weight excluding hydrogens is 685 g/mol. The van der Waals surface area contributed by atoms with E-state index < -0.39 is 11.4 Å². The summed E-state index contributed by atoms with van der Waals surface area (Å²) < 4.78 is 17.8. The highest BCUT2D eigenvalue weighted by Gasteiger charge is 2.41. The second kappa shape index (κ2) is 14.4. The van der Waals surface area contributed by atoms with Crippen molar-refractivity contribution in [2.75, 3.05) is 0 Å². The first kappa shape index (κ1) is 33.9. The van der Waals surface area contributed by atoms with Crippen molar-refractivity contribution < 1.29 is 4.39 Å². The van der Waals surface area contributed by atoms with Crippen molar-refractivity contribution in [1.29, 1.82) is 0 Å². The number of unbranched alkanes of at least 4 members (excludes halogenated alkanes) is 1. The van der Waals surface area contributed by atoms with Gasteiger partial charge in [0.15, 0.2) is 22.2 Å². The molecule has 0 N–H and O–H groups in total. The highest BCUT2D eigenvalue weighted by molar-refractivity contribution is 6.29. The fraction of sp³-hybridized carbons (Fsp3) is 0.140. The summed E-state index contributed by atoms with van der Waals surface area (Å²) in [5.74, 6) is -0.217. The zero-order chi connectivity index (χ0) is 36.4. The van der Waals surface area contributed by atoms with Crippen LogP contribution in [0.4, 0.5) is 4.39 Å². The van der Waals surface area contributed by atoms with Crippen molar-refractivity contribution in [2.24, 2.45) is 0 Å². The van der Waals surface area contributed by atoms with Gasteiger partial charge in [0.05, 0.1) is 11.9 Å².